The molecule has 13 heavy (non-hydrogen) atoms. The quantitative estimate of drug-likeness (QED) is 0.663. The third-order valence-electron chi connectivity index (χ3n) is 1.66. The van der Waals surface area contributed by atoms with Gasteiger partial charge in [0.15, 0.2) is 0 Å². The Morgan fingerprint density at radius 3 is 2.54 bits per heavy atom. The van der Waals surface area contributed by atoms with Gasteiger partial charge in [-0.25, -0.2) is 4.79 Å². The Morgan fingerprint density at radius 1 is 1.62 bits per heavy atom. The number of carbonyl (C=O) groups is 1. The van der Waals surface area contributed by atoms with Gasteiger partial charge >= 0.3 is 6.09 Å². The molecule has 0 bridgehead atoms. The maximum atomic E-state index is 11.2. The first-order chi connectivity index (χ1) is 5.88. The van der Waals surface area contributed by atoms with Crippen LogP contribution in [0.2, 0.25) is 0 Å². The molecule has 1 rings (SSSR count). The van der Waals surface area contributed by atoms with Crippen molar-refractivity contribution in [2.75, 3.05) is 6.61 Å². The predicted octanol–water partition coefficient (Wildman–Crippen LogP) is 1.30. The summed E-state index contributed by atoms with van der Waals surface area (Å²) in [6.45, 7) is 8.15. The monoisotopic (exact) mass is 187 g/mol. The van der Waals surface area contributed by atoms with Crippen LogP contribution in [-0.4, -0.2) is 30.4 Å². The zero-order valence-corrected chi connectivity index (χ0v) is 8.59. The van der Waals surface area contributed by atoms with Crippen molar-refractivity contribution < 1.29 is 14.3 Å². The molecule has 1 aliphatic rings. The van der Waals surface area contributed by atoms with Crippen LogP contribution in [0, 0.1) is 0 Å². The number of carbonyl (C=O) groups excluding carboxylic acids is 1. The van der Waals surface area contributed by atoms with E-state index in [1.54, 1.807) is 0 Å². The first kappa shape index (κ1) is 10.3. The van der Waals surface area contributed by atoms with Crippen LogP contribution >= 0.6 is 0 Å². The number of ether oxygens (including phenoxy) is 2. The van der Waals surface area contributed by atoms with Crippen LogP contribution in [0.15, 0.2) is 0 Å². The van der Waals surface area contributed by atoms with Crippen LogP contribution in [0.5, 0.6) is 0 Å². The summed E-state index contributed by atoms with van der Waals surface area (Å²) < 4.78 is 10.1. The number of rotatable bonds is 2. The summed E-state index contributed by atoms with van der Waals surface area (Å²) in [6.07, 6.45) is -0.206. The molecule has 1 N–H and O–H groups in total. The van der Waals surface area contributed by atoms with E-state index in [0.29, 0.717) is 0 Å². The molecular formula is C9H17NO3. The average Bonchev–Trinajstić information content (AvgIpc) is 2.60. The molecule has 0 aromatic rings. The van der Waals surface area contributed by atoms with Crippen LogP contribution in [0.1, 0.15) is 27.7 Å². The molecule has 1 saturated heterocycles. The largest absolute Gasteiger partial charge is 0.444 e. The smallest absolute Gasteiger partial charge is 0.407 e. The van der Waals surface area contributed by atoms with E-state index in [1.807, 2.05) is 27.7 Å². The summed E-state index contributed by atoms with van der Waals surface area (Å²) in [5.74, 6) is 0. The summed E-state index contributed by atoms with van der Waals surface area (Å²) in [5, 5.41) is 2.71. The molecule has 0 aromatic heterocycles. The Hall–Kier alpha value is -0.770. The van der Waals surface area contributed by atoms with Gasteiger partial charge in [-0.2, -0.15) is 0 Å². The molecule has 1 aliphatic heterocycles. The summed E-state index contributed by atoms with van der Waals surface area (Å²) in [4.78, 5) is 11.2. The van der Waals surface area contributed by atoms with Crippen LogP contribution in [0.25, 0.3) is 0 Å². The van der Waals surface area contributed by atoms with E-state index in [1.165, 1.54) is 0 Å². The standard InChI is InChI=1S/C9H17NO3/c1-6(7-5-12-7)10-8(11)13-9(2,3)4/h6-7H,5H2,1-4H3,(H,10,11)/t6-,7?/m0/s1. The number of alkyl carbamates (subject to hydrolysis) is 1. The van der Waals surface area contributed by atoms with E-state index < -0.39 is 5.60 Å². The second kappa shape index (κ2) is 3.54. The van der Waals surface area contributed by atoms with Gasteiger partial charge < -0.3 is 14.8 Å². The third-order valence-corrected chi connectivity index (χ3v) is 1.66. The van der Waals surface area contributed by atoms with Gasteiger partial charge in [-0.1, -0.05) is 0 Å². The Morgan fingerprint density at radius 2 is 2.15 bits per heavy atom. The highest BCUT2D eigenvalue weighted by molar-refractivity contribution is 5.68. The summed E-state index contributed by atoms with van der Waals surface area (Å²) >= 11 is 0. The van der Waals surface area contributed by atoms with Gasteiger partial charge in [0.1, 0.15) is 11.7 Å². The summed E-state index contributed by atoms with van der Waals surface area (Å²) in [7, 11) is 0. The SMILES string of the molecule is C[C@H](NC(=O)OC(C)(C)C)C1CO1. The Bertz CT molecular complexity index is 194. The van der Waals surface area contributed by atoms with Gasteiger partial charge in [0.25, 0.3) is 0 Å². The van der Waals surface area contributed by atoms with Crippen molar-refractivity contribution in [2.45, 2.75) is 45.4 Å². The maximum Gasteiger partial charge on any atom is 0.407 e. The molecular weight excluding hydrogens is 170 g/mol. The highest BCUT2D eigenvalue weighted by atomic mass is 16.6. The maximum absolute atomic E-state index is 11.2. The van der Waals surface area contributed by atoms with Crippen molar-refractivity contribution in [3.05, 3.63) is 0 Å². The molecule has 0 aromatic carbocycles. The molecule has 1 fully saturated rings. The third kappa shape index (κ3) is 4.12. The van der Waals surface area contributed by atoms with Gasteiger partial charge in [0.2, 0.25) is 0 Å². The summed E-state index contributed by atoms with van der Waals surface area (Å²) in [6, 6.07) is 0.0369. The molecule has 0 radical (unpaired) electrons. The van der Waals surface area contributed by atoms with Crippen LogP contribution in [-0.2, 0) is 9.47 Å². The predicted molar refractivity (Wildman–Crippen MR) is 48.6 cm³/mol. The summed E-state index contributed by atoms with van der Waals surface area (Å²) in [5.41, 5.74) is -0.436. The number of amides is 1. The van der Waals surface area contributed by atoms with Crippen molar-refractivity contribution in [1.29, 1.82) is 0 Å². The van der Waals surface area contributed by atoms with E-state index in [2.05, 4.69) is 5.32 Å². The second-order valence-electron chi connectivity index (χ2n) is 4.31. The Balaban J connectivity index is 2.24. The number of nitrogens with one attached hydrogen (secondary N) is 1. The van der Waals surface area contributed by atoms with Crippen molar-refractivity contribution in [1.82, 2.24) is 5.32 Å². The Kier molecular flexibility index (Phi) is 2.81. The molecule has 0 saturated carbocycles. The molecule has 2 atom stereocenters. The van der Waals surface area contributed by atoms with Crippen molar-refractivity contribution in [3.63, 3.8) is 0 Å². The zero-order chi connectivity index (χ0) is 10.1. The van der Waals surface area contributed by atoms with E-state index in [4.69, 9.17) is 9.47 Å². The van der Waals surface area contributed by atoms with Crippen molar-refractivity contribution >= 4 is 6.09 Å². The average molecular weight is 187 g/mol. The minimum Gasteiger partial charge on any atom is -0.444 e. The zero-order valence-electron chi connectivity index (χ0n) is 8.59. The molecule has 76 valence electrons. The fourth-order valence-electron chi connectivity index (χ4n) is 0.931. The first-order valence-electron chi connectivity index (χ1n) is 4.49. The van der Waals surface area contributed by atoms with E-state index in [9.17, 15) is 4.79 Å². The van der Waals surface area contributed by atoms with Crippen LogP contribution < -0.4 is 5.32 Å². The molecule has 1 unspecified atom stereocenters. The van der Waals surface area contributed by atoms with Gasteiger partial charge in [-0.05, 0) is 27.7 Å². The first-order valence-corrected chi connectivity index (χ1v) is 4.49. The number of epoxide rings is 1. The molecule has 4 nitrogen and oxygen atoms in total. The van der Waals surface area contributed by atoms with Gasteiger partial charge in [-0.3, -0.25) is 0 Å². The highest BCUT2D eigenvalue weighted by Crippen LogP contribution is 2.14. The fourth-order valence-corrected chi connectivity index (χ4v) is 0.931. The minimum absolute atomic E-state index is 0.0369. The van der Waals surface area contributed by atoms with Crippen LogP contribution in [0.3, 0.4) is 0 Å². The van der Waals surface area contributed by atoms with E-state index in [-0.39, 0.29) is 18.2 Å². The lowest BCUT2D eigenvalue weighted by atomic mass is 10.2. The van der Waals surface area contributed by atoms with E-state index >= 15 is 0 Å². The lowest BCUT2D eigenvalue weighted by Gasteiger charge is -2.21. The molecule has 1 amide bonds. The molecule has 1 heterocycles. The van der Waals surface area contributed by atoms with E-state index in [0.717, 1.165) is 6.61 Å². The van der Waals surface area contributed by atoms with Gasteiger partial charge in [-0.15, -0.1) is 0 Å². The lowest BCUT2D eigenvalue weighted by molar-refractivity contribution is 0.0500. The number of hydrogen-bond acceptors (Lipinski definition) is 3. The highest BCUT2D eigenvalue weighted by Gasteiger charge is 2.31. The Labute approximate surface area is 78.6 Å². The van der Waals surface area contributed by atoms with Gasteiger partial charge in [0.05, 0.1) is 12.6 Å². The van der Waals surface area contributed by atoms with Crippen molar-refractivity contribution in [3.8, 4) is 0 Å². The second-order valence-corrected chi connectivity index (χ2v) is 4.31. The number of hydrogen-bond donors (Lipinski definition) is 1. The van der Waals surface area contributed by atoms with Gasteiger partial charge in [0, 0.05) is 0 Å². The fraction of sp³-hybridized carbons (Fsp3) is 0.889. The van der Waals surface area contributed by atoms with Crippen molar-refractivity contribution in [2.24, 2.45) is 0 Å². The molecule has 4 heteroatoms. The molecule has 0 aliphatic carbocycles. The van der Waals surface area contributed by atoms with Crippen LogP contribution in [0.4, 0.5) is 4.79 Å². The molecule has 0 spiro atoms. The minimum atomic E-state index is -0.436. The normalized spacial score (nSPS) is 23.5. The topological polar surface area (TPSA) is 50.9 Å². The lowest BCUT2D eigenvalue weighted by Crippen LogP contribution is -2.40.